The first kappa shape index (κ1) is 15.0. The van der Waals surface area contributed by atoms with Gasteiger partial charge in [0.2, 0.25) is 0 Å². The fourth-order valence-corrected chi connectivity index (χ4v) is 2.38. The van der Waals surface area contributed by atoms with Crippen molar-refractivity contribution >= 4 is 0 Å². The SMILES string of the molecule is CCCC(CC)NC(CC)Cc1cccc(O)c1. The lowest BCUT2D eigenvalue weighted by atomic mass is 10.0. The third-order valence-electron chi connectivity index (χ3n) is 3.49. The lowest BCUT2D eigenvalue weighted by Crippen LogP contribution is -2.38. The van der Waals surface area contributed by atoms with E-state index < -0.39 is 0 Å². The molecule has 2 atom stereocenters. The van der Waals surface area contributed by atoms with Crippen molar-refractivity contribution in [3.8, 4) is 5.75 Å². The fraction of sp³-hybridized carbons (Fsp3) is 0.625. The summed E-state index contributed by atoms with van der Waals surface area (Å²) in [6.45, 7) is 6.70. The minimum absolute atomic E-state index is 0.364. The summed E-state index contributed by atoms with van der Waals surface area (Å²) in [5.74, 6) is 0.364. The van der Waals surface area contributed by atoms with Gasteiger partial charge < -0.3 is 10.4 Å². The van der Waals surface area contributed by atoms with E-state index in [1.165, 1.54) is 24.8 Å². The molecule has 1 rings (SSSR count). The largest absolute Gasteiger partial charge is 0.508 e. The van der Waals surface area contributed by atoms with E-state index >= 15 is 0 Å². The Balaban J connectivity index is 2.55. The van der Waals surface area contributed by atoms with Crippen molar-refractivity contribution in [2.75, 3.05) is 0 Å². The van der Waals surface area contributed by atoms with E-state index in [1.54, 1.807) is 6.07 Å². The Labute approximate surface area is 111 Å². The molecule has 0 aliphatic rings. The highest BCUT2D eigenvalue weighted by atomic mass is 16.3. The summed E-state index contributed by atoms with van der Waals surface area (Å²) in [5.41, 5.74) is 1.21. The maximum absolute atomic E-state index is 9.49. The van der Waals surface area contributed by atoms with Crippen molar-refractivity contribution in [2.24, 2.45) is 0 Å². The summed E-state index contributed by atoms with van der Waals surface area (Å²) in [6.07, 6.45) is 5.77. The molecule has 1 aromatic carbocycles. The van der Waals surface area contributed by atoms with Crippen LogP contribution in [0.25, 0.3) is 0 Å². The van der Waals surface area contributed by atoms with Gasteiger partial charge in [0.05, 0.1) is 0 Å². The second kappa shape index (κ2) is 8.15. The molecule has 0 saturated carbocycles. The van der Waals surface area contributed by atoms with Crippen LogP contribution < -0.4 is 5.32 Å². The maximum Gasteiger partial charge on any atom is 0.115 e. The third-order valence-corrected chi connectivity index (χ3v) is 3.49. The molecule has 2 unspecified atom stereocenters. The second-order valence-corrected chi connectivity index (χ2v) is 5.04. The Morgan fingerprint density at radius 2 is 1.83 bits per heavy atom. The predicted octanol–water partition coefficient (Wildman–Crippen LogP) is 3.88. The Kier molecular flexibility index (Phi) is 6.81. The van der Waals surface area contributed by atoms with E-state index in [-0.39, 0.29) is 0 Å². The zero-order chi connectivity index (χ0) is 13.4. The molecule has 2 nitrogen and oxygen atoms in total. The van der Waals surface area contributed by atoms with Crippen LogP contribution in [0.15, 0.2) is 24.3 Å². The highest BCUT2D eigenvalue weighted by Gasteiger charge is 2.12. The molecule has 102 valence electrons. The van der Waals surface area contributed by atoms with Gasteiger partial charge in [-0.1, -0.05) is 39.3 Å². The standard InChI is InChI=1S/C16H27NO/c1-4-8-14(5-2)17-15(6-3)11-13-9-7-10-16(18)12-13/h7,9-10,12,14-15,17-18H,4-6,8,11H2,1-3H3. The van der Waals surface area contributed by atoms with E-state index in [0.717, 1.165) is 12.8 Å². The summed E-state index contributed by atoms with van der Waals surface area (Å²) in [7, 11) is 0. The summed E-state index contributed by atoms with van der Waals surface area (Å²) in [4.78, 5) is 0. The van der Waals surface area contributed by atoms with Crippen LogP contribution in [0.2, 0.25) is 0 Å². The normalized spacial score (nSPS) is 14.4. The van der Waals surface area contributed by atoms with Crippen LogP contribution in [-0.2, 0) is 6.42 Å². The Morgan fingerprint density at radius 1 is 1.11 bits per heavy atom. The number of phenolic OH excluding ortho intramolecular Hbond substituents is 1. The van der Waals surface area contributed by atoms with Gasteiger partial charge in [-0.05, 0) is 43.4 Å². The average Bonchev–Trinajstić information content (AvgIpc) is 2.37. The van der Waals surface area contributed by atoms with Crippen LogP contribution in [0.5, 0.6) is 5.75 Å². The van der Waals surface area contributed by atoms with Crippen molar-refractivity contribution in [2.45, 2.75) is 65.0 Å². The van der Waals surface area contributed by atoms with Gasteiger partial charge in [0.15, 0.2) is 0 Å². The van der Waals surface area contributed by atoms with Crippen molar-refractivity contribution in [3.05, 3.63) is 29.8 Å². The first-order valence-corrected chi connectivity index (χ1v) is 7.23. The quantitative estimate of drug-likeness (QED) is 0.732. The maximum atomic E-state index is 9.49. The Hall–Kier alpha value is -1.02. The molecule has 0 spiro atoms. The summed E-state index contributed by atoms with van der Waals surface area (Å²) in [5, 5.41) is 13.2. The molecule has 0 fully saturated rings. The van der Waals surface area contributed by atoms with E-state index in [9.17, 15) is 5.11 Å². The molecule has 0 aliphatic heterocycles. The lowest BCUT2D eigenvalue weighted by Gasteiger charge is -2.24. The molecular formula is C16H27NO. The third kappa shape index (κ3) is 5.09. The highest BCUT2D eigenvalue weighted by molar-refractivity contribution is 5.27. The highest BCUT2D eigenvalue weighted by Crippen LogP contribution is 2.14. The van der Waals surface area contributed by atoms with Gasteiger partial charge in [0, 0.05) is 12.1 Å². The number of hydrogen-bond acceptors (Lipinski definition) is 2. The lowest BCUT2D eigenvalue weighted by molar-refractivity contribution is 0.385. The van der Waals surface area contributed by atoms with Crippen molar-refractivity contribution in [1.82, 2.24) is 5.32 Å². The minimum Gasteiger partial charge on any atom is -0.508 e. The fourth-order valence-electron chi connectivity index (χ4n) is 2.38. The molecule has 18 heavy (non-hydrogen) atoms. The van der Waals surface area contributed by atoms with Gasteiger partial charge in [-0.2, -0.15) is 0 Å². The molecular weight excluding hydrogens is 222 g/mol. The molecule has 2 N–H and O–H groups in total. The number of phenols is 1. The van der Waals surface area contributed by atoms with Crippen molar-refractivity contribution in [1.29, 1.82) is 0 Å². The smallest absolute Gasteiger partial charge is 0.115 e. The van der Waals surface area contributed by atoms with Crippen LogP contribution in [0.4, 0.5) is 0 Å². The van der Waals surface area contributed by atoms with Gasteiger partial charge in [0.1, 0.15) is 5.75 Å². The Morgan fingerprint density at radius 3 is 2.39 bits per heavy atom. The zero-order valence-electron chi connectivity index (χ0n) is 11.9. The summed E-state index contributed by atoms with van der Waals surface area (Å²) >= 11 is 0. The molecule has 0 heterocycles. The van der Waals surface area contributed by atoms with Crippen LogP contribution in [0.1, 0.15) is 52.0 Å². The number of hydrogen-bond donors (Lipinski definition) is 2. The van der Waals surface area contributed by atoms with E-state index in [1.807, 2.05) is 12.1 Å². The monoisotopic (exact) mass is 249 g/mol. The number of rotatable bonds is 8. The predicted molar refractivity (Wildman–Crippen MR) is 78.0 cm³/mol. The van der Waals surface area contributed by atoms with Gasteiger partial charge in [-0.15, -0.1) is 0 Å². The van der Waals surface area contributed by atoms with Crippen LogP contribution in [-0.4, -0.2) is 17.2 Å². The Bertz CT molecular complexity index is 338. The van der Waals surface area contributed by atoms with Gasteiger partial charge in [0.25, 0.3) is 0 Å². The molecule has 0 radical (unpaired) electrons. The number of benzene rings is 1. The molecule has 0 bridgehead atoms. The van der Waals surface area contributed by atoms with Crippen LogP contribution in [0, 0.1) is 0 Å². The summed E-state index contributed by atoms with van der Waals surface area (Å²) in [6, 6.07) is 8.72. The first-order chi connectivity index (χ1) is 8.69. The molecule has 0 aliphatic carbocycles. The van der Waals surface area contributed by atoms with Gasteiger partial charge in [-0.25, -0.2) is 0 Å². The minimum atomic E-state index is 0.364. The van der Waals surface area contributed by atoms with Crippen LogP contribution in [0.3, 0.4) is 0 Å². The van der Waals surface area contributed by atoms with Gasteiger partial charge >= 0.3 is 0 Å². The second-order valence-electron chi connectivity index (χ2n) is 5.04. The summed E-state index contributed by atoms with van der Waals surface area (Å²) < 4.78 is 0. The van der Waals surface area contributed by atoms with E-state index in [2.05, 4.69) is 32.2 Å². The van der Waals surface area contributed by atoms with Crippen molar-refractivity contribution in [3.63, 3.8) is 0 Å². The molecule has 1 aromatic rings. The van der Waals surface area contributed by atoms with Gasteiger partial charge in [-0.3, -0.25) is 0 Å². The van der Waals surface area contributed by atoms with E-state index in [4.69, 9.17) is 0 Å². The topological polar surface area (TPSA) is 32.3 Å². The number of aromatic hydroxyl groups is 1. The molecule has 0 amide bonds. The van der Waals surface area contributed by atoms with Crippen molar-refractivity contribution < 1.29 is 5.11 Å². The first-order valence-electron chi connectivity index (χ1n) is 7.23. The molecule has 2 heteroatoms. The number of nitrogens with one attached hydrogen (secondary N) is 1. The zero-order valence-corrected chi connectivity index (χ0v) is 11.9. The van der Waals surface area contributed by atoms with Crippen LogP contribution >= 0.6 is 0 Å². The molecule has 0 saturated heterocycles. The molecule has 0 aromatic heterocycles. The average molecular weight is 249 g/mol. The van der Waals surface area contributed by atoms with E-state index in [0.29, 0.717) is 17.8 Å².